The lowest BCUT2D eigenvalue weighted by Crippen LogP contribution is -2.54. The molecule has 0 radical (unpaired) electrons. The van der Waals surface area contributed by atoms with Crippen LogP contribution in [0.3, 0.4) is 0 Å². The SMILES string of the molecule is COc1c(C(=O)NCc2ccc(F)c(C)c2)nc2n(c1=O)CC1(C=O)CCC2(NC(=O)C(=O)N(C)C)CC1. The number of aryl methyl sites for hydroxylation is 1. The number of halogens is 1. The van der Waals surface area contributed by atoms with Gasteiger partial charge in [0.1, 0.15) is 17.9 Å². The topological polar surface area (TPSA) is 140 Å². The maximum Gasteiger partial charge on any atom is 0.311 e. The van der Waals surface area contributed by atoms with Crippen LogP contribution in [-0.2, 0) is 33.0 Å². The lowest BCUT2D eigenvalue weighted by Gasteiger charge is -2.39. The molecule has 2 bridgehead atoms. The van der Waals surface area contributed by atoms with E-state index in [2.05, 4.69) is 15.6 Å². The molecule has 1 aromatic heterocycles. The molecule has 1 saturated carbocycles. The third-order valence-corrected chi connectivity index (χ3v) is 7.43. The molecule has 1 fully saturated rings. The minimum atomic E-state index is -1.25. The van der Waals surface area contributed by atoms with E-state index in [9.17, 15) is 28.4 Å². The monoisotopic (exact) mass is 527 g/mol. The van der Waals surface area contributed by atoms with E-state index in [0.717, 1.165) is 11.2 Å². The average Bonchev–Trinajstić information content (AvgIpc) is 3.12. The van der Waals surface area contributed by atoms with Gasteiger partial charge in [-0.1, -0.05) is 12.1 Å². The number of carbonyl (C=O) groups is 4. The Kier molecular flexibility index (Phi) is 7.09. The number of nitrogens with zero attached hydrogens (tertiary/aromatic N) is 3. The number of fused-ring (bicyclic) bond motifs is 2. The number of aromatic nitrogens is 2. The van der Waals surface area contributed by atoms with E-state index >= 15 is 0 Å². The van der Waals surface area contributed by atoms with E-state index in [1.54, 1.807) is 13.0 Å². The highest BCUT2D eigenvalue weighted by molar-refractivity contribution is 6.35. The number of benzene rings is 1. The number of carbonyl (C=O) groups excluding carboxylic acids is 4. The molecule has 3 amide bonds. The summed E-state index contributed by atoms with van der Waals surface area (Å²) in [6.45, 7) is 1.65. The Balaban J connectivity index is 1.78. The zero-order valence-corrected chi connectivity index (χ0v) is 21.7. The Morgan fingerprint density at radius 1 is 1.21 bits per heavy atom. The Bertz CT molecular complexity index is 1380. The van der Waals surface area contributed by atoms with Crippen molar-refractivity contribution in [3.05, 3.63) is 57.0 Å². The van der Waals surface area contributed by atoms with E-state index in [-0.39, 0.29) is 49.0 Å². The maximum absolute atomic E-state index is 13.6. The maximum atomic E-state index is 13.6. The van der Waals surface area contributed by atoms with Crippen LogP contribution in [0.25, 0.3) is 0 Å². The van der Waals surface area contributed by atoms with Crippen molar-refractivity contribution in [1.82, 2.24) is 25.1 Å². The molecule has 11 nitrogen and oxygen atoms in total. The second kappa shape index (κ2) is 9.99. The zero-order valence-electron chi connectivity index (χ0n) is 21.7. The van der Waals surface area contributed by atoms with Crippen molar-refractivity contribution in [1.29, 1.82) is 0 Å². The van der Waals surface area contributed by atoms with E-state index in [0.29, 0.717) is 24.0 Å². The van der Waals surface area contributed by atoms with Crippen molar-refractivity contribution in [2.75, 3.05) is 21.2 Å². The first-order chi connectivity index (χ1) is 18.0. The Hall–Kier alpha value is -4.09. The number of hydrogen-bond acceptors (Lipinski definition) is 7. The molecule has 202 valence electrons. The standard InChI is InChI=1S/C26H30FN5O6/c1-15-11-16(5-6-17(15)27)12-28-20(34)18-19(38-4)22(36)32-13-25(14-33)7-9-26(10-8-25,24(32)29-18)30-21(35)23(37)31(2)3/h5-6,11,14H,7-10,12-13H2,1-4H3,(H,28,34)(H,30,35). The summed E-state index contributed by atoms with van der Waals surface area (Å²) in [5.41, 5.74) is -2.01. The highest BCUT2D eigenvalue weighted by Gasteiger charge is 2.52. The summed E-state index contributed by atoms with van der Waals surface area (Å²) in [6.07, 6.45) is 2.01. The number of ether oxygens (including phenoxy) is 1. The predicted molar refractivity (Wildman–Crippen MR) is 133 cm³/mol. The summed E-state index contributed by atoms with van der Waals surface area (Å²) < 4.78 is 20.2. The van der Waals surface area contributed by atoms with Gasteiger partial charge in [-0.25, -0.2) is 9.37 Å². The number of aldehydes is 1. The van der Waals surface area contributed by atoms with E-state index in [1.165, 1.54) is 37.9 Å². The predicted octanol–water partition coefficient (Wildman–Crippen LogP) is 0.802. The van der Waals surface area contributed by atoms with Crippen molar-refractivity contribution >= 4 is 24.0 Å². The zero-order chi connectivity index (χ0) is 27.8. The Labute approximate surface area is 218 Å². The van der Waals surface area contributed by atoms with Gasteiger partial charge < -0.3 is 25.1 Å². The Morgan fingerprint density at radius 2 is 1.89 bits per heavy atom. The fraction of sp³-hybridized carbons (Fsp3) is 0.462. The van der Waals surface area contributed by atoms with Crippen molar-refractivity contribution in [2.45, 2.75) is 51.2 Å². The van der Waals surface area contributed by atoms with E-state index < -0.39 is 34.2 Å². The molecule has 12 heteroatoms. The average molecular weight is 528 g/mol. The fourth-order valence-corrected chi connectivity index (χ4v) is 5.15. The first-order valence-corrected chi connectivity index (χ1v) is 12.2. The van der Waals surface area contributed by atoms with Crippen LogP contribution in [-0.4, -0.2) is 59.7 Å². The summed E-state index contributed by atoms with van der Waals surface area (Å²) in [7, 11) is 4.12. The summed E-state index contributed by atoms with van der Waals surface area (Å²) in [6, 6.07) is 4.42. The molecule has 2 N–H and O–H groups in total. The molecule has 0 atom stereocenters. The third-order valence-electron chi connectivity index (χ3n) is 7.43. The van der Waals surface area contributed by atoms with Gasteiger partial charge in [0, 0.05) is 32.6 Å². The van der Waals surface area contributed by atoms with Crippen LogP contribution < -0.4 is 20.9 Å². The second-order valence-electron chi connectivity index (χ2n) is 10.2. The highest BCUT2D eigenvalue weighted by atomic mass is 19.1. The molecular weight excluding hydrogens is 497 g/mol. The summed E-state index contributed by atoms with van der Waals surface area (Å²) in [5, 5.41) is 5.44. The summed E-state index contributed by atoms with van der Waals surface area (Å²) in [5.74, 6) is -2.97. The van der Waals surface area contributed by atoms with Gasteiger partial charge in [-0.15, -0.1) is 0 Å². The van der Waals surface area contributed by atoms with Crippen LogP contribution in [0.2, 0.25) is 0 Å². The number of likely N-dealkylation sites (N-methyl/N-ethyl adjacent to an activating group) is 1. The summed E-state index contributed by atoms with van der Waals surface area (Å²) in [4.78, 5) is 69.8. The van der Waals surface area contributed by atoms with Gasteiger partial charge in [0.05, 0.1) is 12.6 Å². The van der Waals surface area contributed by atoms with Gasteiger partial charge in [0.15, 0.2) is 5.69 Å². The molecular formula is C26H30FN5O6. The van der Waals surface area contributed by atoms with E-state index in [1.807, 2.05) is 0 Å². The number of methoxy groups -OCH3 is 1. The lowest BCUT2D eigenvalue weighted by molar-refractivity contribution is -0.145. The Morgan fingerprint density at radius 3 is 2.47 bits per heavy atom. The van der Waals surface area contributed by atoms with Crippen LogP contribution in [0.5, 0.6) is 5.75 Å². The third kappa shape index (κ3) is 4.66. The van der Waals surface area contributed by atoms with Gasteiger partial charge >= 0.3 is 11.8 Å². The molecule has 2 aliphatic heterocycles. The van der Waals surface area contributed by atoms with Crippen molar-refractivity contribution in [3.63, 3.8) is 0 Å². The number of rotatable bonds is 6. The minimum Gasteiger partial charge on any atom is -0.489 e. The largest absolute Gasteiger partial charge is 0.489 e. The smallest absolute Gasteiger partial charge is 0.311 e. The first-order valence-electron chi connectivity index (χ1n) is 12.2. The molecule has 3 heterocycles. The van der Waals surface area contributed by atoms with Crippen LogP contribution in [0.1, 0.15) is 53.1 Å². The molecule has 3 aliphatic rings. The highest BCUT2D eigenvalue weighted by Crippen LogP contribution is 2.48. The van der Waals surface area contributed by atoms with Gasteiger partial charge in [0.2, 0.25) is 5.75 Å². The van der Waals surface area contributed by atoms with Crippen molar-refractivity contribution in [3.8, 4) is 5.75 Å². The molecule has 5 rings (SSSR count). The first kappa shape index (κ1) is 27.0. The quantitative estimate of drug-likeness (QED) is 0.418. The van der Waals surface area contributed by atoms with Gasteiger partial charge in [-0.3, -0.25) is 23.7 Å². The fourth-order valence-electron chi connectivity index (χ4n) is 5.15. The number of nitrogens with one attached hydrogen (secondary N) is 2. The van der Waals surface area contributed by atoms with E-state index in [4.69, 9.17) is 4.74 Å². The number of hydrogen-bond donors (Lipinski definition) is 2. The normalized spacial score (nSPS) is 21.6. The molecule has 2 aromatic rings. The van der Waals surface area contributed by atoms with Crippen molar-refractivity contribution in [2.24, 2.45) is 5.41 Å². The molecule has 1 aromatic carbocycles. The van der Waals surface area contributed by atoms with Gasteiger partial charge in [-0.05, 0) is 49.8 Å². The minimum absolute atomic E-state index is 0.00400. The summed E-state index contributed by atoms with van der Waals surface area (Å²) >= 11 is 0. The molecule has 0 unspecified atom stereocenters. The number of amides is 3. The van der Waals surface area contributed by atoms with Gasteiger partial charge in [-0.2, -0.15) is 0 Å². The van der Waals surface area contributed by atoms with Crippen LogP contribution in [0.4, 0.5) is 4.39 Å². The van der Waals surface area contributed by atoms with Crippen LogP contribution in [0.15, 0.2) is 23.0 Å². The molecule has 1 aliphatic carbocycles. The van der Waals surface area contributed by atoms with Crippen LogP contribution >= 0.6 is 0 Å². The van der Waals surface area contributed by atoms with Crippen LogP contribution in [0, 0.1) is 18.2 Å². The molecule has 0 saturated heterocycles. The molecule has 38 heavy (non-hydrogen) atoms. The molecule has 0 spiro atoms. The van der Waals surface area contributed by atoms with Gasteiger partial charge in [0.25, 0.3) is 11.5 Å². The second-order valence-corrected chi connectivity index (χ2v) is 10.2. The lowest BCUT2D eigenvalue weighted by atomic mass is 9.69. The van der Waals surface area contributed by atoms with Crippen molar-refractivity contribution < 1.29 is 28.3 Å².